The number of hydrogen-bond acceptors (Lipinski definition) is 3. The zero-order chi connectivity index (χ0) is 14.3. The fourth-order valence-electron chi connectivity index (χ4n) is 3.40. The van der Waals surface area contributed by atoms with E-state index < -0.39 is 0 Å². The van der Waals surface area contributed by atoms with Gasteiger partial charge in [0.2, 0.25) is 5.28 Å². The van der Waals surface area contributed by atoms with Gasteiger partial charge in [-0.3, -0.25) is 9.36 Å². The minimum Gasteiger partial charge on any atom is -0.289 e. The molecule has 2 aromatic heterocycles. The molecule has 0 radical (unpaired) electrons. The number of aromatic nitrogens is 3. The van der Waals surface area contributed by atoms with Crippen molar-refractivity contribution in [3.8, 4) is 0 Å². The zero-order valence-electron chi connectivity index (χ0n) is 11.8. The number of halogens is 1. The third-order valence-electron chi connectivity index (χ3n) is 4.44. The van der Waals surface area contributed by atoms with Crippen LogP contribution in [0.2, 0.25) is 5.28 Å². The molecule has 2 unspecified atom stereocenters. The minimum atomic E-state index is 0.0233. The van der Waals surface area contributed by atoms with Crippen LogP contribution in [0, 0.1) is 12.8 Å². The molecule has 0 saturated heterocycles. The van der Waals surface area contributed by atoms with E-state index in [1.54, 1.807) is 12.3 Å². The van der Waals surface area contributed by atoms with Crippen LogP contribution in [-0.4, -0.2) is 14.5 Å². The molecule has 0 aromatic carbocycles. The van der Waals surface area contributed by atoms with Crippen molar-refractivity contribution in [2.24, 2.45) is 5.92 Å². The Bertz CT molecular complexity index is 710. The highest BCUT2D eigenvalue weighted by Crippen LogP contribution is 2.38. The molecule has 2 aromatic rings. The van der Waals surface area contributed by atoms with E-state index in [1.165, 1.54) is 12.8 Å². The first-order chi connectivity index (χ1) is 9.61. The molecular formula is C15H18ClN3O. The Labute approximate surface area is 122 Å². The second-order valence-corrected chi connectivity index (χ2v) is 5.92. The van der Waals surface area contributed by atoms with E-state index in [9.17, 15) is 4.79 Å². The highest BCUT2D eigenvalue weighted by atomic mass is 35.5. The Kier molecular flexibility index (Phi) is 3.50. The molecule has 0 spiro atoms. The van der Waals surface area contributed by atoms with Gasteiger partial charge in [-0.1, -0.05) is 19.8 Å². The maximum absolute atomic E-state index is 12.5. The highest BCUT2D eigenvalue weighted by molar-refractivity contribution is 6.28. The third kappa shape index (κ3) is 2.12. The maximum atomic E-state index is 12.5. The zero-order valence-corrected chi connectivity index (χ0v) is 12.5. The van der Waals surface area contributed by atoms with E-state index in [2.05, 4.69) is 16.9 Å². The predicted molar refractivity (Wildman–Crippen MR) is 80.2 cm³/mol. The summed E-state index contributed by atoms with van der Waals surface area (Å²) in [4.78, 5) is 20.8. The van der Waals surface area contributed by atoms with Gasteiger partial charge in [-0.2, -0.15) is 4.98 Å². The predicted octanol–water partition coefficient (Wildman–Crippen LogP) is 3.50. The number of fused-ring (bicyclic) bond motifs is 1. The Morgan fingerprint density at radius 3 is 3.00 bits per heavy atom. The topological polar surface area (TPSA) is 47.8 Å². The van der Waals surface area contributed by atoms with Crippen LogP contribution >= 0.6 is 11.6 Å². The van der Waals surface area contributed by atoms with Crippen LogP contribution in [0.4, 0.5) is 0 Å². The van der Waals surface area contributed by atoms with Crippen molar-refractivity contribution in [3.63, 3.8) is 0 Å². The maximum Gasteiger partial charge on any atom is 0.252 e. The van der Waals surface area contributed by atoms with Crippen LogP contribution in [0.5, 0.6) is 0 Å². The largest absolute Gasteiger partial charge is 0.289 e. The van der Waals surface area contributed by atoms with E-state index in [0.717, 1.165) is 23.8 Å². The fraction of sp³-hybridized carbons (Fsp3) is 0.533. The summed E-state index contributed by atoms with van der Waals surface area (Å²) in [5.41, 5.74) is 1.61. The minimum absolute atomic E-state index is 0.0233. The van der Waals surface area contributed by atoms with Gasteiger partial charge in [0.25, 0.3) is 5.56 Å². The molecule has 20 heavy (non-hydrogen) atoms. The first-order valence-corrected chi connectivity index (χ1v) is 7.54. The second kappa shape index (κ2) is 5.17. The molecule has 0 amide bonds. The summed E-state index contributed by atoms with van der Waals surface area (Å²) < 4.78 is 1.84. The van der Waals surface area contributed by atoms with Gasteiger partial charge in [-0.15, -0.1) is 0 Å². The quantitative estimate of drug-likeness (QED) is 0.796. The molecule has 2 heterocycles. The summed E-state index contributed by atoms with van der Waals surface area (Å²) in [7, 11) is 0. The third-order valence-corrected chi connectivity index (χ3v) is 4.63. The van der Waals surface area contributed by atoms with Crippen LogP contribution < -0.4 is 5.56 Å². The lowest BCUT2D eigenvalue weighted by atomic mass is 10.00. The molecule has 106 valence electrons. The van der Waals surface area contributed by atoms with Crippen LogP contribution in [0.3, 0.4) is 0 Å². The van der Waals surface area contributed by atoms with Crippen molar-refractivity contribution >= 4 is 22.6 Å². The number of nitrogens with zero attached hydrogens (tertiary/aromatic N) is 3. The summed E-state index contributed by atoms with van der Waals surface area (Å²) in [6.07, 6.45) is 6.20. The molecular weight excluding hydrogens is 274 g/mol. The van der Waals surface area contributed by atoms with Gasteiger partial charge in [0, 0.05) is 23.7 Å². The van der Waals surface area contributed by atoms with E-state index >= 15 is 0 Å². The number of hydrogen-bond donors (Lipinski definition) is 0. The smallest absolute Gasteiger partial charge is 0.252 e. The molecule has 0 bridgehead atoms. The van der Waals surface area contributed by atoms with Gasteiger partial charge in [0.05, 0.1) is 0 Å². The molecule has 1 aliphatic rings. The molecule has 1 fully saturated rings. The standard InChI is InChI=1S/C15H18ClN3O/c1-3-10-5-4-6-12(10)19-13(20)7-9(2)11-8-17-15(16)18-14(11)19/h7-8,10,12H,3-6H2,1-2H3. The molecule has 3 rings (SSSR count). The lowest BCUT2D eigenvalue weighted by molar-refractivity contribution is 0.369. The Balaban J connectivity index is 2.29. The normalized spacial score (nSPS) is 22.6. The van der Waals surface area contributed by atoms with E-state index in [0.29, 0.717) is 11.6 Å². The molecule has 0 N–H and O–H groups in total. The number of pyridine rings is 1. The SMILES string of the molecule is CCC1CCCC1n1c(=O)cc(C)c2cnc(Cl)nc21. The lowest BCUT2D eigenvalue weighted by Gasteiger charge is -2.22. The molecule has 1 saturated carbocycles. The molecule has 2 atom stereocenters. The van der Waals surface area contributed by atoms with Gasteiger partial charge in [-0.05, 0) is 42.8 Å². The Hall–Kier alpha value is -1.42. The average Bonchev–Trinajstić information content (AvgIpc) is 2.86. The first kappa shape index (κ1) is 13.6. The highest BCUT2D eigenvalue weighted by Gasteiger charge is 2.29. The second-order valence-electron chi connectivity index (χ2n) is 5.58. The monoisotopic (exact) mass is 291 g/mol. The fourth-order valence-corrected chi connectivity index (χ4v) is 3.53. The van der Waals surface area contributed by atoms with E-state index in [1.807, 2.05) is 11.5 Å². The van der Waals surface area contributed by atoms with Crippen molar-refractivity contribution in [3.05, 3.63) is 33.5 Å². The average molecular weight is 292 g/mol. The van der Waals surface area contributed by atoms with Crippen molar-refractivity contribution in [2.75, 3.05) is 0 Å². The van der Waals surface area contributed by atoms with Crippen molar-refractivity contribution in [2.45, 2.75) is 45.6 Å². The van der Waals surface area contributed by atoms with Gasteiger partial charge in [0.15, 0.2) is 0 Å². The van der Waals surface area contributed by atoms with Crippen LogP contribution in [0.15, 0.2) is 17.1 Å². The summed E-state index contributed by atoms with van der Waals surface area (Å²) in [6.45, 7) is 4.10. The summed E-state index contributed by atoms with van der Waals surface area (Å²) >= 11 is 5.93. The summed E-state index contributed by atoms with van der Waals surface area (Å²) in [6, 6.07) is 1.92. The van der Waals surface area contributed by atoms with Crippen molar-refractivity contribution < 1.29 is 0 Å². The number of rotatable bonds is 2. The van der Waals surface area contributed by atoms with Gasteiger partial charge in [0.1, 0.15) is 5.65 Å². The van der Waals surface area contributed by atoms with E-state index in [4.69, 9.17) is 11.6 Å². The molecule has 5 heteroatoms. The van der Waals surface area contributed by atoms with Crippen molar-refractivity contribution in [1.29, 1.82) is 0 Å². The Morgan fingerprint density at radius 2 is 2.25 bits per heavy atom. The van der Waals surface area contributed by atoms with Gasteiger partial charge in [-0.25, -0.2) is 4.98 Å². The first-order valence-electron chi connectivity index (χ1n) is 7.16. The molecule has 4 nitrogen and oxygen atoms in total. The summed E-state index contributed by atoms with van der Waals surface area (Å²) in [5.74, 6) is 0.548. The number of aryl methyl sites for hydroxylation is 1. The van der Waals surface area contributed by atoms with Crippen LogP contribution in [0.25, 0.3) is 11.0 Å². The van der Waals surface area contributed by atoms with Gasteiger partial charge >= 0.3 is 0 Å². The molecule has 1 aliphatic carbocycles. The van der Waals surface area contributed by atoms with Crippen molar-refractivity contribution in [1.82, 2.24) is 14.5 Å². The Morgan fingerprint density at radius 1 is 1.45 bits per heavy atom. The van der Waals surface area contributed by atoms with E-state index in [-0.39, 0.29) is 16.9 Å². The summed E-state index contributed by atoms with van der Waals surface area (Å²) in [5, 5.41) is 1.11. The van der Waals surface area contributed by atoms with Crippen LogP contribution in [0.1, 0.15) is 44.2 Å². The lowest BCUT2D eigenvalue weighted by Crippen LogP contribution is -2.28. The molecule has 0 aliphatic heterocycles. The van der Waals surface area contributed by atoms with Gasteiger partial charge < -0.3 is 0 Å². The van der Waals surface area contributed by atoms with Crippen LogP contribution in [-0.2, 0) is 0 Å².